The van der Waals surface area contributed by atoms with E-state index in [1.165, 1.54) is 29.5 Å². The molecule has 5 aromatic rings. The predicted octanol–water partition coefficient (Wildman–Crippen LogP) is 4.56. The molecule has 2 aromatic carbocycles. The van der Waals surface area contributed by atoms with Crippen LogP contribution in [0, 0.1) is 12.7 Å². The summed E-state index contributed by atoms with van der Waals surface area (Å²) in [7, 11) is 0. The second-order valence-corrected chi connectivity index (χ2v) is 8.58. The number of carbonyl (C=O) groups excluding carboxylic acids is 1. The van der Waals surface area contributed by atoms with Gasteiger partial charge in [-0.25, -0.2) is 19.0 Å². The normalized spacial score (nSPS) is 11.3. The number of hydrogen-bond donors (Lipinski definition) is 1. The quantitative estimate of drug-likeness (QED) is 0.434. The fraction of sp³-hybridized carbons (Fsp3) is 0.100. The van der Waals surface area contributed by atoms with Gasteiger partial charge < -0.3 is 10.1 Å². The van der Waals surface area contributed by atoms with Gasteiger partial charge in [0.05, 0.1) is 25.6 Å². The van der Waals surface area contributed by atoms with Crippen LogP contribution < -0.4 is 10.1 Å². The number of ether oxygens (including phenoxy) is 1. The molecule has 0 radical (unpaired) electrons. The summed E-state index contributed by atoms with van der Waals surface area (Å²) in [6, 6.07) is 8.29. The summed E-state index contributed by atoms with van der Waals surface area (Å²) in [5.41, 5.74) is 1.34. The number of anilines is 1. The highest BCUT2D eigenvalue weighted by atomic mass is 32.1. The van der Waals surface area contributed by atoms with Crippen LogP contribution in [-0.2, 0) is 4.79 Å². The van der Waals surface area contributed by atoms with Gasteiger partial charge in [-0.1, -0.05) is 6.07 Å². The zero-order valence-corrected chi connectivity index (χ0v) is 17.3. The third-order valence-corrected chi connectivity index (χ3v) is 6.29. The molecule has 1 amide bonds. The number of thiophene rings is 1. The first-order valence-corrected chi connectivity index (χ1v) is 10.6. The molecule has 3 heterocycles. The van der Waals surface area contributed by atoms with Crippen LogP contribution in [0.2, 0.25) is 0 Å². The number of fused-ring (bicyclic) bond motifs is 3. The van der Waals surface area contributed by atoms with E-state index in [1.54, 1.807) is 28.7 Å². The van der Waals surface area contributed by atoms with Crippen LogP contribution in [-0.4, -0.2) is 32.3 Å². The van der Waals surface area contributed by atoms with Crippen LogP contribution in [0.15, 0.2) is 48.4 Å². The first kappa shape index (κ1) is 18.6. The second kappa shape index (κ2) is 7.47. The van der Waals surface area contributed by atoms with Crippen molar-refractivity contribution in [2.45, 2.75) is 6.92 Å². The summed E-state index contributed by atoms with van der Waals surface area (Å²) in [5, 5.41) is 10.4. The minimum atomic E-state index is -0.571. The minimum absolute atomic E-state index is 0.0193. The molecule has 0 unspecified atom stereocenters. The fourth-order valence-electron chi connectivity index (χ4n) is 3.19. The highest BCUT2D eigenvalue weighted by Gasteiger charge is 2.16. The molecule has 0 saturated heterocycles. The predicted molar refractivity (Wildman–Crippen MR) is 115 cm³/mol. The Hall–Kier alpha value is -3.37. The number of nitrogens with one attached hydrogen (secondary N) is 1. The van der Waals surface area contributed by atoms with Crippen molar-refractivity contribution in [2.24, 2.45) is 0 Å². The van der Waals surface area contributed by atoms with Crippen molar-refractivity contribution in [1.82, 2.24) is 19.7 Å². The second-order valence-electron chi connectivity index (χ2n) is 6.43. The number of hydrogen-bond acceptors (Lipinski definition) is 7. The molecule has 0 atom stereocenters. The Balaban J connectivity index is 1.39. The van der Waals surface area contributed by atoms with Gasteiger partial charge in [0, 0.05) is 11.5 Å². The standard InChI is InChI=1S/C20H14FN5O2S2/c1-11-24-19-16(30-11)7-15(12-5-6-29-20(12)19)28-8-17(27)25-18-13(21)3-2-4-14(18)26-10-22-9-23-26/h2-7,9-10H,8H2,1H3,(H,25,27). The lowest BCUT2D eigenvalue weighted by Crippen LogP contribution is -2.22. The lowest BCUT2D eigenvalue weighted by molar-refractivity contribution is -0.118. The number of rotatable bonds is 5. The Morgan fingerprint density at radius 1 is 1.33 bits per heavy atom. The van der Waals surface area contributed by atoms with Crippen LogP contribution in [0.4, 0.5) is 10.1 Å². The van der Waals surface area contributed by atoms with Crippen LogP contribution in [0.25, 0.3) is 26.0 Å². The fourth-order valence-corrected chi connectivity index (χ4v) is 5.02. The number of nitrogens with zero attached hydrogens (tertiary/aromatic N) is 4. The Bertz CT molecular complexity index is 1380. The molecule has 0 aliphatic rings. The van der Waals surface area contributed by atoms with Crippen molar-refractivity contribution >= 4 is 54.6 Å². The number of halogens is 1. The number of aryl methyl sites for hydroxylation is 1. The molecule has 5 rings (SSSR count). The van der Waals surface area contributed by atoms with Crippen LogP contribution in [0.5, 0.6) is 5.75 Å². The minimum Gasteiger partial charge on any atom is -0.483 e. The van der Waals surface area contributed by atoms with Gasteiger partial charge >= 0.3 is 0 Å². The van der Waals surface area contributed by atoms with Gasteiger partial charge in [-0.15, -0.1) is 22.7 Å². The van der Waals surface area contributed by atoms with Crippen LogP contribution in [0.3, 0.4) is 0 Å². The topological polar surface area (TPSA) is 81.9 Å². The number of thiazole rings is 1. The number of benzene rings is 2. The molecule has 0 fully saturated rings. The molecule has 7 nitrogen and oxygen atoms in total. The van der Waals surface area contributed by atoms with E-state index in [0.29, 0.717) is 11.4 Å². The summed E-state index contributed by atoms with van der Waals surface area (Å²) in [4.78, 5) is 21.0. The van der Waals surface area contributed by atoms with E-state index in [1.807, 2.05) is 24.4 Å². The summed E-state index contributed by atoms with van der Waals surface area (Å²) in [5.74, 6) is -0.453. The largest absolute Gasteiger partial charge is 0.483 e. The zero-order chi connectivity index (χ0) is 20.7. The highest BCUT2D eigenvalue weighted by molar-refractivity contribution is 7.21. The molecular weight excluding hydrogens is 425 g/mol. The van der Waals surface area contributed by atoms with Gasteiger partial charge in [-0.2, -0.15) is 5.10 Å². The van der Waals surface area contributed by atoms with Gasteiger partial charge in [0.2, 0.25) is 0 Å². The maximum Gasteiger partial charge on any atom is 0.262 e. The molecule has 10 heteroatoms. The zero-order valence-electron chi connectivity index (χ0n) is 15.6. The van der Waals surface area contributed by atoms with E-state index in [2.05, 4.69) is 20.4 Å². The van der Waals surface area contributed by atoms with E-state index in [-0.39, 0.29) is 12.3 Å². The number of aromatic nitrogens is 4. The summed E-state index contributed by atoms with van der Waals surface area (Å²) in [6.45, 7) is 1.69. The third kappa shape index (κ3) is 3.29. The van der Waals surface area contributed by atoms with Crippen molar-refractivity contribution in [2.75, 3.05) is 11.9 Å². The van der Waals surface area contributed by atoms with E-state index in [4.69, 9.17) is 4.74 Å². The van der Waals surface area contributed by atoms with Gasteiger partial charge in [0.25, 0.3) is 5.91 Å². The lowest BCUT2D eigenvalue weighted by atomic mass is 10.2. The SMILES string of the molecule is Cc1nc2c(cc(OCC(=O)Nc3c(F)cccc3-n3cncn3)c3ccsc32)s1. The first-order chi connectivity index (χ1) is 14.6. The molecule has 0 aliphatic carbocycles. The lowest BCUT2D eigenvalue weighted by Gasteiger charge is -2.12. The number of amides is 1. The average Bonchev–Trinajstić information content (AvgIpc) is 3.47. The average molecular weight is 439 g/mol. The number of carbonyl (C=O) groups is 1. The Kier molecular flexibility index (Phi) is 4.64. The summed E-state index contributed by atoms with van der Waals surface area (Å²) >= 11 is 3.16. The van der Waals surface area contributed by atoms with E-state index in [0.717, 1.165) is 25.3 Å². The van der Waals surface area contributed by atoms with Crippen molar-refractivity contribution in [1.29, 1.82) is 0 Å². The summed E-state index contributed by atoms with van der Waals surface area (Å²) < 4.78 is 23.6. The molecule has 3 aromatic heterocycles. The van der Waals surface area contributed by atoms with Crippen molar-refractivity contribution in [3.63, 3.8) is 0 Å². The van der Waals surface area contributed by atoms with E-state index < -0.39 is 11.7 Å². The van der Waals surface area contributed by atoms with Gasteiger partial charge in [-0.3, -0.25) is 4.79 Å². The van der Waals surface area contributed by atoms with E-state index in [9.17, 15) is 9.18 Å². The van der Waals surface area contributed by atoms with Crippen molar-refractivity contribution in [3.8, 4) is 11.4 Å². The van der Waals surface area contributed by atoms with E-state index >= 15 is 0 Å². The Labute approximate surface area is 177 Å². The number of para-hydroxylation sites is 1. The molecular formula is C20H14FN5O2S2. The third-order valence-electron chi connectivity index (χ3n) is 4.45. The molecule has 0 aliphatic heterocycles. The molecule has 0 spiro atoms. The maximum absolute atomic E-state index is 14.4. The molecule has 150 valence electrons. The molecule has 0 saturated carbocycles. The van der Waals surface area contributed by atoms with Crippen molar-refractivity contribution in [3.05, 3.63) is 59.2 Å². The Morgan fingerprint density at radius 3 is 3.07 bits per heavy atom. The highest BCUT2D eigenvalue weighted by Crippen LogP contribution is 2.38. The summed E-state index contributed by atoms with van der Waals surface area (Å²) in [6.07, 6.45) is 2.77. The molecule has 0 bridgehead atoms. The monoisotopic (exact) mass is 439 g/mol. The van der Waals surface area contributed by atoms with Crippen LogP contribution in [0.1, 0.15) is 5.01 Å². The van der Waals surface area contributed by atoms with Gasteiger partial charge in [-0.05, 0) is 30.5 Å². The molecule has 1 N–H and O–H groups in total. The molecule has 30 heavy (non-hydrogen) atoms. The first-order valence-electron chi connectivity index (χ1n) is 8.93. The maximum atomic E-state index is 14.4. The Morgan fingerprint density at radius 2 is 2.23 bits per heavy atom. The van der Waals surface area contributed by atoms with Gasteiger partial charge in [0.1, 0.15) is 29.9 Å². The van der Waals surface area contributed by atoms with Gasteiger partial charge in [0.15, 0.2) is 6.61 Å². The van der Waals surface area contributed by atoms with Crippen LogP contribution >= 0.6 is 22.7 Å². The van der Waals surface area contributed by atoms with Crippen molar-refractivity contribution < 1.29 is 13.9 Å². The smallest absolute Gasteiger partial charge is 0.262 e.